The van der Waals surface area contributed by atoms with E-state index >= 15 is 0 Å². The summed E-state index contributed by atoms with van der Waals surface area (Å²) in [6.45, 7) is 4.52. The van der Waals surface area contributed by atoms with Gasteiger partial charge in [-0.3, -0.25) is 0 Å². The van der Waals surface area contributed by atoms with E-state index in [1.165, 1.54) is 38.5 Å². The lowest BCUT2D eigenvalue weighted by atomic mass is 9.83. The first-order valence-electron chi connectivity index (χ1n) is 5.27. The van der Waals surface area contributed by atoms with Crippen molar-refractivity contribution in [3.8, 4) is 12.3 Å². The van der Waals surface area contributed by atoms with Crippen LogP contribution in [0.25, 0.3) is 0 Å². The molecule has 0 saturated heterocycles. The van der Waals surface area contributed by atoms with Crippen molar-refractivity contribution >= 4 is 0 Å². The van der Waals surface area contributed by atoms with Crippen LogP contribution < -0.4 is 0 Å². The number of terminal acetylenes is 1. The Balaban J connectivity index is 2.48. The molecule has 1 saturated carbocycles. The highest BCUT2D eigenvalue weighted by Gasteiger charge is 2.46. The van der Waals surface area contributed by atoms with Gasteiger partial charge in [-0.2, -0.15) is 0 Å². The fourth-order valence-electron chi connectivity index (χ4n) is 2.20. The SMILES string of the molecule is C#CC1(C(CCC)CCC)CC1. The third-order valence-corrected chi connectivity index (χ3v) is 3.13. The third-order valence-electron chi connectivity index (χ3n) is 3.13. The molecule has 0 atom stereocenters. The molecule has 0 spiro atoms. The monoisotopic (exact) mass is 164 g/mol. The van der Waals surface area contributed by atoms with Crippen LogP contribution in [0.2, 0.25) is 0 Å². The Morgan fingerprint density at radius 3 is 2.00 bits per heavy atom. The Morgan fingerprint density at radius 1 is 1.25 bits per heavy atom. The van der Waals surface area contributed by atoms with Gasteiger partial charge in [0.1, 0.15) is 0 Å². The van der Waals surface area contributed by atoms with E-state index < -0.39 is 0 Å². The van der Waals surface area contributed by atoms with E-state index in [0.717, 1.165) is 5.92 Å². The van der Waals surface area contributed by atoms with E-state index in [9.17, 15) is 0 Å². The molecule has 0 aliphatic heterocycles. The first-order chi connectivity index (χ1) is 5.79. The van der Waals surface area contributed by atoms with Gasteiger partial charge in [0.15, 0.2) is 0 Å². The first-order valence-corrected chi connectivity index (χ1v) is 5.27. The van der Waals surface area contributed by atoms with Gasteiger partial charge in [0.2, 0.25) is 0 Å². The summed E-state index contributed by atoms with van der Waals surface area (Å²) in [5, 5.41) is 0. The zero-order valence-corrected chi connectivity index (χ0v) is 8.40. The number of hydrogen-bond acceptors (Lipinski definition) is 0. The van der Waals surface area contributed by atoms with E-state index in [2.05, 4.69) is 19.8 Å². The highest BCUT2D eigenvalue weighted by molar-refractivity contribution is 5.17. The molecule has 0 radical (unpaired) electrons. The summed E-state index contributed by atoms with van der Waals surface area (Å²) in [4.78, 5) is 0. The quantitative estimate of drug-likeness (QED) is 0.544. The third kappa shape index (κ3) is 1.83. The predicted octanol–water partition coefficient (Wildman–Crippen LogP) is 3.62. The Labute approximate surface area is 76.7 Å². The van der Waals surface area contributed by atoms with Gasteiger partial charge in [-0.1, -0.05) is 32.6 Å². The van der Waals surface area contributed by atoms with Crippen LogP contribution in [0.3, 0.4) is 0 Å². The molecule has 0 aromatic heterocycles. The maximum Gasteiger partial charge on any atom is 0.0341 e. The highest BCUT2D eigenvalue weighted by atomic mass is 14.5. The van der Waals surface area contributed by atoms with Gasteiger partial charge in [0.05, 0.1) is 0 Å². The summed E-state index contributed by atoms with van der Waals surface area (Å²) in [7, 11) is 0. The lowest BCUT2D eigenvalue weighted by molar-refractivity contribution is 0.331. The zero-order chi connectivity index (χ0) is 9.03. The van der Waals surface area contributed by atoms with E-state index in [-0.39, 0.29) is 0 Å². The summed E-state index contributed by atoms with van der Waals surface area (Å²) >= 11 is 0. The Morgan fingerprint density at radius 2 is 1.75 bits per heavy atom. The van der Waals surface area contributed by atoms with Crippen LogP contribution in [0.15, 0.2) is 0 Å². The Hall–Kier alpha value is -0.440. The summed E-state index contributed by atoms with van der Waals surface area (Å²) in [6.07, 6.45) is 13.4. The van der Waals surface area contributed by atoms with Crippen LogP contribution in [0, 0.1) is 23.7 Å². The number of rotatable bonds is 5. The summed E-state index contributed by atoms with van der Waals surface area (Å²) in [5.74, 6) is 3.84. The van der Waals surface area contributed by atoms with Gasteiger partial charge >= 0.3 is 0 Å². The minimum absolute atomic E-state index is 0.339. The van der Waals surface area contributed by atoms with E-state index in [0.29, 0.717) is 5.41 Å². The molecule has 0 amide bonds. The van der Waals surface area contributed by atoms with Gasteiger partial charge in [-0.05, 0) is 31.6 Å². The molecule has 0 N–H and O–H groups in total. The van der Waals surface area contributed by atoms with Crippen molar-refractivity contribution in [3.63, 3.8) is 0 Å². The van der Waals surface area contributed by atoms with Crippen molar-refractivity contribution < 1.29 is 0 Å². The molecule has 0 nitrogen and oxygen atoms in total. The van der Waals surface area contributed by atoms with Gasteiger partial charge in [0, 0.05) is 5.41 Å². The molecular formula is C12H20. The maximum absolute atomic E-state index is 5.58. The maximum atomic E-state index is 5.58. The average Bonchev–Trinajstić information content (AvgIpc) is 2.85. The molecule has 68 valence electrons. The smallest absolute Gasteiger partial charge is 0.0341 e. The molecule has 1 rings (SSSR count). The van der Waals surface area contributed by atoms with Crippen molar-refractivity contribution in [3.05, 3.63) is 0 Å². The fraction of sp³-hybridized carbons (Fsp3) is 0.833. The average molecular weight is 164 g/mol. The molecule has 1 fully saturated rings. The largest absolute Gasteiger partial charge is 0.120 e. The molecule has 0 bridgehead atoms. The van der Waals surface area contributed by atoms with Crippen molar-refractivity contribution in [1.82, 2.24) is 0 Å². The molecular weight excluding hydrogens is 144 g/mol. The summed E-state index contributed by atoms with van der Waals surface area (Å²) in [6, 6.07) is 0. The molecule has 0 heterocycles. The minimum Gasteiger partial charge on any atom is -0.120 e. The van der Waals surface area contributed by atoms with E-state index in [1.807, 2.05) is 0 Å². The molecule has 0 aromatic carbocycles. The van der Waals surface area contributed by atoms with Gasteiger partial charge in [-0.25, -0.2) is 0 Å². The van der Waals surface area contributed by atoms with E-state index in [1.54, 1.807) is 0 Å². The van der Waals surface area contributed by atoms with Crippen LogP contribution in [-0.4, -0.2) is 0 Å². The van der Waals surface area contributed by atoms with Gasteiger partial charge < -0.3 is 0 Å². The molecule has 0 aromatic rings. The zero-order valence-electron chi connectivity index (χ0n) is 8.40. The summed E-state index contributed by atoms with van der Waals surface area (Å²) < 4.78 is 0. The van der Waals surface area contributed by atoms with Gasteiger partial charge in [0.25, 0.3) is 0 Å². The van der Waals surface area contributed by atoms with Crippen molar-refractivity contribution in [2.24, 2.45) is 11.3 Å². The standard InChI is InChI=1S/C12H20/c1-4-7-11(8-5-2)12(6-3)9-10-12/h3,11H,4-5,7-10H2,1-2H3. The minimum atomic E-state index is 0.339. The summed E-state index contributed by atoms with van der Waals surface area (Å²) in [5.41, 5.74) is 0.339. The second-order valence-corrected chi connectivity index (χ2v) is 4.07. The van der Waals surface area contributed by atoms with Crippen molar-refractivity contribution in [2.45, 2.75) is 52.4 Å². The second-order valence-electron chi connectivity index (χ2n) is 4.07. The molecule has 0 heteroatoms. The van der Waals surface area contributed by atoms with E-state index in [4.69, 9.17) is 6.42 Å². The number of hydrogen-bond donors (Lipinski definition) is 0. The van der Waals surface area contributed by atoms with Crippen LogP contribution in [0.5, 0.6) is 0 Å². The van der Waals surface area contributed by atoms with Gasteiger partial charge in [-0.15, -0.1) is 6.42 Å². The topological polar surface area (TPSA) is 0 Å². The Bertz CT molecular complexity index is 163. The molecule has 1 aliphatic carbocycles. The van der Waals surface area contributed by atoms with Crippen LogP contribution in [0.1, 0.15) is 52.4 Å². The lowest BCUT2D eigenvalue weighted by Crippen LogP contribution is -2.13. The normalized spacial score (nSPS) is 19.2. The first kappa shape index (κ1) is 9.65. The molecule has 12 heavy (non-hydrogen) atoms. The highest BCUT2D eigenvalue weighted by Crippen LogP contribution is 2.54. The van der Waals surface area contributed by atoms with Crippen LogP contribution in [-0.2, 0) is 0 Å². The van der Waals surface area contributed by atoms with Crippen LogP contribution in [0.4, 0.5) is 0 Å². The fourth-order valence-corrected chi connectivity index (χ4v) is 2.20. The molecule has 1 aliphatic rings. The second kappa shape index (κ2) is 3.99. The molecule has 0 unspecified atom stereocenters. The van der Waals surface area contributed by atoms with Crippen molar-refractivity contribution in [2.75, 3.05) is 0 Å². The van der Waals surface area contributed by atoms with Crippen LogP contribution >= 0.6 is 0 Å². The Kier molecular flexibility index (Phi) is 3.20. The predicted molar refractivity (Wildman–Crippen MR) is 53.8 cm³/mol. The lowest BCUT2D eigenvalue weighted by Gasteiger charge is -2.21. The van der Waals surface area contributed by atoms with Crippen molar-refractivity contribution in [1.29, 1.82) is 0 Å².